The molecule has 3 N–H and O–H groups in total. The highest BCUT2D eigenvalue weighted by atomic mass is 35.5. The van der Waals surface area contributed by atoms with E-state index in [9.17, 15) is 4.79 Å². The number of rotatable bonds is 2. The third-order valence-electron chi connectivity index (χ3n) is 2.85. The molecule has 1 amide bonds. The highest BCUT2D eigenvalue weighted by Crippen LogP contribution is 2.41. The Morgan fingerprint density at radius 2 is 1.89 bits per heavy atom. The van der Waals surface area contributed by atoms with Gasteiger partial charge in [0.2, 0.25) is 5.91 Å². The lowest BCUT2D eigenvalue weighted by Crippen LogP contribution is -2.32. The number of nitrogen functional groups attached to an aromatic ring is 1. The van der Waals surface area contributed by atoms with E-state index in [0.29, 0.717) is 17.8 Å². The van der Waals surface area contributed by atoms with Crippen LogP contribution in [0.5, 0.6) is 0 Å². The number of amides is 1. The Labute approximate surface area is 122 Å². The second kappa shape index (κ2) is 5.27. The van der Waals surface area contributed by atoms with Crippen molar-refractivity contribution in [3.63, 3.8) is 0 Å². The Morgan fingerprint density at radius 1 is 1.26 bits per heavy atom. The lowest BCUT2D eigenvalue weighted by molar-refractivity contribution is -0.118. The summed E-state index contributed by atoms with van der Waals surface area (Å²) in [6, 6.07) is 7.49. The largest absolute Gasteiger partial charge is 0.399 e. The Hall–Kier alpha value is -1.45. The van der Waals surface area contributed by atoms with Crippen LogP contribution in [0.2, 0.25) is 0 Å². The van der Waals surface area contributed by atoms with Crippen molar-refractivity contribution in [2.45, 2.75) is 17.7 Å². The van der Waals surface area contributed by atoms with Crippen molar-refractivity contribution in [3.05, 3.63) is 47.7 Å². The minimum Gasteiger partial charge on any atom is -0.399 e. The van der Waals surface area contributed by atoms with E-state index in [1.807, 2.05) is 30.3 Å². The molecule has 1 aliphatic rings. The van der Waals surface area contributed by atoms with Crippen LogP contribution in [0.25, 0.3) is 5.57 Å². The summed E-state index contributed by atoms with van der Waals surface area (Å²) in [6.45, 7) is 1.42. The predicted octanol–water partition coefficient (Wildman–Crippen LogP) is 3.25. The first kappa shape index (κ1) is 14.0. The average molecular weight is 297 g/mol. The summed E-state index contributed by atoms with van der Waals surface area (Å²) in [4.78, 5) is 11.1. The molecule has 1 aromatic carbocycles. The van der Waals surface area contributed by atoms with Gasteiger partial charge >= 0.3 is 0 Å². The van der Waals surface area contributed by atoms with Gasteiger partial charge in [-0.1, -0.05) is 41.4 Å². The van der Waals surface area contributed by atoms with Crippen LogP contribution in [0.15, 0.2) is 42.1 Å². The van der Waals surface area contributed by atoms with E-state index >= 15 is 0 Å². The van der Waals surface area contributed by atoms with Crippen LogP contribution in [0.1, 0.15) is 18.9 Å². The van der Waals surface area contributed by atoms with Crippen LogP contribution >= 0.6 is 23.2 Å². The zero-order valence-electron chi connectivity index (χ0n) is 10.4. The monoisotopic (exact) mass is 296 g/mol. The highest BCUT2D eigenvalue weighted by molar-refractivity contribution is 6.51. The van der Waals surface area contributed by atoms with Crippen molar-refractivity contribution in [3.8, 4) is 0 Å². The molecule has 0 fully saturated rings. The van der Waals surface area contributed by atoms with E-state index in [-0.39, 0.29) is 5.91 Å². The van der Waals surface area contributed by atoms with E-state index in [4.69, 9.17) is 28.9 Å². The molecule has 3 nitrogen and oxygen atoms in total. The van der Waals surface area contributed by atoms with Gasteiger partial charge in [-0.2, -0.15) is 0 Å². The molecular weight excluding hydrogens is 283 g/mol. The van der Waals surface area contributed by atoms with E-state index in [2.05, 4.69) is 5.32 Å². The topological polar surface area (TPSA) is 55.1 Å². The van der Waals surface area contributed by atoms with Gasteiger partial charge in [-0.15, -0.1) is 0 Å². The Bertz CT molecular complexity index is 559. The number of halogens is 2. The Kier molecular flexibility index (Phi) is 3.88. The van der Waals surface area contributed by atoms with Gasteiger partial charge in [-0.3, -0.25) is 4.79 Å². The van der Waals surface area contributed by atoms with Gasteiger partial charge in [0, 0.05) is 19.0 Å². The SMILES string of the molecule is CC(=O)NC1=CC=C(c2ccc(N)cc2)CC1(Cl)Cl. The summed E-state index contributed by atoms with van der Waals surface area (Å²) < 4.78 is -1.13. The maximum Gasteiger partial charge on any atom is 0.221 e. The summed E-state index contributed by atoms with van der Waals surface area (Å²) in [5.41, 5.74) is 8.88. The third-order valence-corrected chi connectivity index (χ3v) is 3.52. The van der Waals surface area contributed by atoms with Gasteiger partial charge in [-0.05, 0) is 29.3 Å². The molecule has 2 rings (SSSR count). The van der Waals surface area contributed by atoms with Crippen molar-refractivity contribution in [1.29, 1.82) is 0 Å². The molecule has 0 bridgehead atoms. The Balaban J connectivity index is 2.30. The first-order valence-corrected chi connectivity index (χ1v) is 6.57. The number of anilines is 1. The molecule has 0 saturated carbocycles. The van der Waals surface area contributed by atoms with E-state index < -0.39 is 4.33 Å². The fourth-order valence-electron chi connectivity index (χ4n) is 1.92. The van der Waals surface area contributed by atoms with Crippen LogP contribution < -0.4 is 11.1 Å². The number of carbonyl (C=O) groups is 1. The number of hydrogen-bond acceptors (Lipinski definition) is 2. The number of hydrogen-bond donors (Lipinski definition) is 2. The second-order valence-electron chi connectivity index (χ2n) is 4.46. The molecule has 0 atom stereocenters. The minimum absolute atomic E-state index is 0.193. The first-order chi connectivity index (χ1) is 8.88. The van der Waals surface area contributed by atoms with Crippen LogP contribution in [0.3, 0.4) is 0 Å². The van der Waals surface area contributed by atoms with Crippen molar-refractivity contribution < 1.29 is 4.79 Å². The normalized spacial score (nSPS) is 17.4. The van der Waals surface area contributed by atoms with Crippen molar-refractivity contribution in [2.24, 2.45) is 0 Å². The van der Waals surface area contributed by atoms with E-state index in [1.54, 1.807) is 6.08 Å². The summed E-state index contributed by atoms with van der Waals surface area (Å²) in [5.74, 6) is -0.193. The molecule has 0 saturated heterocycles. The number of carbonyl (C=O) groups excluding carboxylic acids is 1. The molecule has 5 heteroatoms. The van der Waals surface area contributed by atoms with Crippen molar-refractivity contribution in [2.75, 3.05) is 5.73 Å². The Morgan fingerprint density at radius 3 is 2.42 bits per heavy atom. The van der Waals surface area contributed by atoms with Crippen LogP contribution in [-0.4, -0.2) is 10.2 Å². The van der Waals surface area contributed by atoms with Gasteiger partial charge in [0.05, 0.1) is 5.70 Å². The molecular formula is C14H14Cl2N2O. The summed E-state index contributed by atoms with van der Waals surface area (Å²) >= 11 is 12.5. The van der Waals surface area contributed by atoms with Gasteiger partial charge < -0.3 is 11.1 Å². The summed E-state index contributed by atoms with van der Waals surface area (Å²) in [6.07, 6.45) is 4.06. The minimum atomic E-state index is -1.13. The van der Waals surface area contributed by atoms with Crippen LogP contribution in [-0.2, 0) is 4.79 Å². The maximum absolute atomic E-state index is 11.1. The van der Waals surface area contributed by atoms with Gasteiger partial charge in [0.15, 0.2) is 4.33 Å². The molecule has 19 heavy (non-hydrogen) atoms. The van der Waals surface area contributed by atoms with E-state index in [0.717, 1.165) is 11.1 Å². The fraction of sp³-hybridized carbons (Fsp3) is 0.214. The molecule has 1 aromatic rings. The zero-order chi connectivity index (χ0) is 14.0. The molecule has 0 aromatic heterocycles. The van der Waals surface area contributed by atoms with E-state index in [1.165, 1.54) is 6.92 Å². The molecule has 0 aliphatic heterocycles. The number of nitrogens with one attached hydrogen (secondary N) is 1. The van der Waals surface area contributed by atoms with Gasteiger partial charge in [-0.25, -0.2) is 0 Å². The third kappa shape index (κ3) is 3.31. The lowest BCUT2D eigenvalue weighted by atomic mass is 9.95. The molecule has 100 valence electrons. The molecule has 0 unspecified atom stereocenters. The van der Waals surface area contributed by atoms with Gasteiger partial charge in [0.25, 0.3) is 0 Å². The average Bonchev–Trinajstić information content (AvgIpc) is 2.32. The number of nitrogens with two attached hydrogens (primary N) is 1. The predicted molar refractivity (Wildman–Crippen MR) is 79.8 cm³/mol. The molecule has 0 spiro atoms. The first-order valence-electron chi connectivity index (χ1n) is 5.81. The smallest absolute Gasteiger partial charge is 0.221 e. The second-order valence-corrected chi connectivity index (χ2v) is 5.94. The lowest BCUT2D eigenvalue weighted by Gasteiger charge is -2.27. The van der Waals surface area contributed by atoms with Crippen molar-refractivity contribution >= 4 is 40.4 Å². The van der Waals surface area contributed by atoms with Crippen LogP contribution in [0, 0.1) is 0 Å². The number of allylic oxidation sites excluding steroid dienone is 4. The van der Waals surface area contributed by atoms with Crippen LogP contribution in [0.4, 0.5) is 5.69 Å². The highest BCUT2D eigenvalue weighted by Gasteiger charge is 2.33. The zero-order valence-corrected chi connectivity index (χ0v) is 11.9. The summed E-state index contributed by atoms with van der Waals surface area (Å²) in [5, 5.41) is 2.65. The number of benzene rings is 1. The number of alkyl halides is 2. The molecule has 1 aliphatic carbocycles. The summed E-state index contributed by atoms with van der Waals surface area (Å²) in [7, 11) is 0. The standard InChI is InChI=1S/C14H14Cl2N2O/c1-9(19)18-13-7-4-11(8-14(13,15)16)10-2-5-12(17)6-3-10/h2-7H,8,17H2,1H3,(H,18,19). The maximum atomic E-state index is 11.1. The van der Waals surface area contributed by atoms with Gasteiger partial charge in [0.1, 0.15) is 0 Å². The quantitative estimate of drug-likeness (QED) is 0.650. The molecule has 0 heterocycles. The fourth-order valence-corrected chi connectivity index (χ4v) is 2.43. The molecule has 0 radical (unpaired) electrons. The van der Waals surface area contributed by atoms with Crippen molar-refractivity contribution in [1.82, 2.24) is 5.32 Å².